The van der Waals surface area contributed by atoms with Crippen molar-refractivity contribution in [3.63, 3.8) is 0 Å². The van der Waals surface area contributed by atoms with E-state index in [0.29, 0.717) is 13.0 Å². The molecule has 1 aromatic carbocycles. The van der Waals surface area contributed by atoms with Crippen LogP contribution in [0, 0.1) is 10.1 Å². The first kappa shape index (κ1) is 14.9. The van der Waals surface area contributed by atoms with Crippen LogP contribution in [0.3, 0.4) is 0 Å². The average Bonchev–Trinajstić information content (AvgIpc) is 2.43. The fourth-order valence-corrected chi connectivity index (χ4v) is 1.65. The number of amidine groups is 1. The van der Waals surface area contributed by atoms with Gasteiger partial charge in [-0.25, -0.2) is 0 Å². The normalized spacial score (nSPS) is 13.2. The van der Waals surface area contributed by atoms with Crippen molar-refractivity contribution in [2.24, 2.45) is 10.9 Å². The summed E-state index contributed by atoms with van der Waals surface area (Å²) < 4.78 is 0. The van der Waals surface area contributed by atoms with Crippen molar-refractivity contribution in [2.75, 3.05) is 0 Å². The van der Waals surface area contributed by atoms with Crippen molar-refractivity contribution in [3.8, 4) is 0 Å². The highest BCUT2D eigenvalue weighted by atomic mass is 16.6. The first-order valence-corrected chi connectivity index (χ1v) is 6.00. The maximum absolute atomic E-state index is 10.5. The van der Waals surface area contributed by atoms with Crippen LogP contribution < -0.4 is 11.1 Å². The Kier molecular flexibility index (Phi) is 5.74. The Balaban J connectivity index is 2.52. The predicted octanol–water partition coefficient (Wildman–Crippen LogP) is 1.60. The minimum atomic E-state index is -0.426. The number of nitrogens with two attached hydrogens (primary N) is 1. The van der Waals surface area contributed by atoms with Gasteiger partial charge in [0.2, 0.25) is 0 Å². The van der Waals surface area contributed by atoms with E-state index in [1.807, 2.05) is 6.92 Å². The third-order valence-electron chi connectivity index (χ3n) is 2.82. The van der Waals surface area contributed by atoms with E-state index >= 15 is 0 Å². The van der Waals surface area contributed by atoms with E-state index in [0.717, 1.165) is 12.0 Å². The predicted molar refractivity (Wildman–Crippen MR) is 72.0 cm³/mol. The van der Waals surface area contributed by atoms with Gasteiger partial charge in [-0.1, -0.05) is 24.2 Å². The van der Waals surface area contributed by atoms with Gasteiger partial charge in [0.05, 0.1) is 4.92 Å². The zero-order valence-corrected chi connectivity index (χ0v) is 10.7. The zero-order valence-electron chi connectivity index (χ0n) is 10.7. The third kappa shape index (κ3) is 4.92. The van der Waals surface area contributed by atoms with E-state index in [2.05, 4.69) is 10.5 Å². The van der Waals surface area contributed by atoms with Gasteiger partial charge in [-0.05, 0) is 12.0 Å². The fourth-order valence-electron chi connectivity index (χ4n) is 1.65. The lowest BCUT2D eigenvalue weighted by Gasteiger charge is -2.16. The van der Waals surface area contributed by atoms with Gasteiger partial charge in [0, 0.05) is 31.1 Å². The molecule has 1 atom stereocenters. The van der Waals surface area contributed by atoms with Crippen molar-refractivity contribution in [1.82, 2.24) is 5.32 Å². The molecular weight excluding hydrogens is 248 g/mol. The lowest BCUT2D eigenvalue weighted by atomic mass is 10.1. The molecule has 0 aliphatic rings. The average molecular weight is 266 g/mol. The van der Waals surface area contributed by atoms with Gasteiger partial charge in [0.1, 0.15) is 5.84 Å². The van der Waals surface area contributed by atoms with Crippen LogP contribution in [0.15, 0.2) is 29.4 Å². The van der Waals surface area contributed by atoms with Crippen LogP contribution >= 0.6 is 0 Å². The Bertz CT molecular complexity index is 445. The van der Waals surface area contributed by atoms with Gasteiger partial charge in [0.25, 0.3) is 5.69 Å². The molecular formula is C12H18N4O3. The number of non-ortho nitro benzene ring substituents is 1. The summed E-state index contributed by atoms with van der Waals surface area (Å²) >= 11 is 0. The number of benzene rings is 1. The third-order valence-corrected chi connectivity index (χ3v) is 2.82. The number of nitro groups is 1. The van der Waals surface area contributed by atoms with Gasteiger partial charge in [-0.15, -0.1) is 0 Å². The summed E-state index contributed by atoms with van der Waals surface area (Å²) in [4.78, 5) is 10.1. The molecule has 0 aliphatic heterocycles. The summed E-state index contributed by atoms with van der Waals surface area (Å²) in [6.07, 6.45) is 1.29. The Labute approximate surface area is 111 Å². The van der Waals surface area contributed by atoms with Crippen molar-refractivity contribution in [2.45, 2.75) is 32.4 Å². The molecule has 7 heteroatoms. The second kappa shape index (κ2) is 7.32. The van der Waals surface area contributed by atoms with Crippen LogP contribution in [-0.2, 0) is 6.54 Å². The largest absolute Gasteiger partial charge is 0.409 e. The standard InChI is InChI=1S/C12H18N4O3/c1-2-10(7-12(13)15-17)14-8-9-3-5-11(6-4-9)16(18)19/h3-6,10,14,17H,2,7-8H2,1H3,(H2,13,15). The van der Waals surface area contributed by atoms with Crippen LogP contribution in [0.25, 0.3) is 0 Å². The molecule has 1 rings (SSSR count). The zero-order chi connectivity index (χ0) is 14.3. The minimum Gasteiger partial charge on any atom is -0.409 e. The Morgan fingerprint density at radius 1 is 1.53 bits per heavy atom. The summed E-state index contributed by atoms with van der Waals surface area (Å²) in [6.45, 7) is 2.58. The lowest BCUT2D eigenvalue weighted by Crippen LogP contribution is -2.32. The van der Waals surface area contributed by atoms with Crippen molar-refractivity contribution >= 4 is 11.5 Å². The van der Waals surface area contributed by atoms with Crippen molar-refractivity contribution in [3.05, 3.63) is 39.9 Å². The molecule has 1 aromatic rings. The van der Waals surface area contributed by atoms with E-state index in [-0.39, 0.29) is 17.6 Å². The quantitative estimate of drug-likeness (QED) is 0.228. The van der Waals surface area contributed by atoms with Gasteiger partial charge in [-0.3, -0.25) is 10.1 Å². The molecule has 0 bridgehead atoms. The number of hydrogen-bond acceptors (Lipinski definition) is 5. The molecule has 7 nitrogen and oxygen atoms in total. The fraction of sp³-hybridized carbons (Fsp3) is 0.417. The van der Waals surface area contributed by atoms with Crippen LogP contribution in [0.4, 0.5) is 5.69 Å². The van der Waals surface area contributed by atoms with Crippen LogP contribution in [0.2, 0.25) is 0 Å². The second-order valence-corrected chi connectivity index (χ2v) is 4.21. The van der Waals surface area contributed by atoms with Gasteiger partial charge < -0.3 is 16.3 Å². The molecule has 0 saturated carbocycles. The van der Waals surface area contributed by atoms with E-state index < -0.39 is 4.92 Å². The Morgan fingerprint density at radius 3 is 2.63 bits per heavy atom. The molecule has 0 spiro atoms. The number of rotatable bonds is 7. The van der Waals surface area contributed by atoms with Crippen molar-refractivity contribution < 1.29 is 10.1 Å². The first-order valence-electron chi connectivity index (χ1n) is 6.00. The molecule has 0 heterocycles. The topological polar surface area (TPSA) is 114 Å². The maximum atomic E-state index is 10.5. The lowest BCUT2D eigenvalue weighted by molar-refractivity contribution is -0.384. The number of oxime groups is 1. The summed E-state index contributed by atoms with van der Waals surface area (Å²) in [5.74, 6) is 0.183. The number of nitrogens with one attached hydrogen (secondary N) is 1. The molecule has 1 unspecified atom stereocenters. The highest BCUT2D eigenvalue weighted by Gasteiger charge is 2.09. The Morgan fingerprint density at radius 2 is 2.16 bits per heavy atom. The number of nitro benzene ring substituents is 1. The van der Waals surface area contributed by atoms with Crippen LogP contribution in [0.5, 0.6) is 0 Å². The molecule has 19 heavy (non-hydrogen) atoms. The Hall–Kier alpha value is -2.15. The highest BCUT2D eigenvalue weighted by Crippen LogP contribution is 2.12. The van der Waals surface area contributed by atoms with Gasteiger partial charge in [0.15, 0.2) is 0 Å². The summed E-state index contributed by atoms with van der Waals surface area (Å²) in [5, 5.41) is 25.2. The molecule has 0 radical (unpaired) electrons. The van der Waals surface area contributed by atoms with Gasteiger partial charge >= 0.3 is 0 Å². The van der Waals surface area contributed by atoms with E-state index in [9.17, 15) is 10.1 Å². The second-order valence-electron chi connectivity index (χ2n) is 4.21. The van der Waals surface area contributed by atoms with E-state index in [1.165, 1.54) is 12.1 Å². The van der Waals surface area contributed by atoms with E-state index in [4.69, 9.17) is 10.9 Å². The number of hydrogen-bond donors (Lipinski definition) is 3. The monoisotopic (exact) mass is 266 g/mol. The highest BCUT2D eigenvalue weighted by molar-refractivity contribution is 5.80. The summed E-state index contributed by atoms with van der Waals surface area (Å²) in [5.41, 5.74) is 6.48. The van der Waals surface area contributed by atoms with E-state index in [1.54, 1.807) is 12.1 Å². The molecule has 0 fully saturated rings. The molecule has 4 N–H and O–H groups in total. The van der Waals surface area contributed by atoms with Crippen LogP contribution in [0.1, 0.15) is 25.3 Å². The molecule has 104 valence electrons. The molecule has 0 aromatic heterocycles. The van der Waals surface area contributed by atoms with Crippen LogP contribution in [-0.4, -0.2) is 22.0 Å². The summed E-state index contributed by atoms with van der Waals surface area (Å²) in [6, 6.07) is 6.47. The molecule has 0 aliphatic carbocycles. The molecule has 0 saturated heterocycles. The maximum Gasteiger partial charge on any atom is 0.269 e. The smallest absolute Gasteiger partial charge is 0.269 e. The first-order chi connectivity index (χ1) is 9.06. The number of nitrogens with zero attached hydrogens (tertiary/aromatic N) is 2. The minimum absolute atomic E-state index is 0.0763. The van der Waals surface area contributed by atoms with Gasteiger partial charge in [-0.2, -0.15) is 0 Å². The van der Waals surface area contributed by atoms with Crippen molar-refractivity contribution in [1.29, 1.82) is 0 Å². The summed E-state index contributed by atoms with van der Waals surface area (Å²) in [7, 11) is 0. The SMILES string of the molecule is CCC(CC(N)=NO)NCc1ccc([N+](=O)[O-])cc1. The molecule has 0 amide bonds.